The maximum atomic E-state index is 13.2. The Hall–Kier alpha value is -2.23. The molecule has 1 atom stereocenters. The molecule has 19 heavy (non-hydrogen) atoms. The molecule has 0 aliphatic rings. The Balaban J connectivity index is 2.29. The van der Waals surface area contributed by atoms with Crippen molar-refractivity contribution in [3.05, 3.63) is 65.2 Å². The summed E-state index contributed by atoms with van der Waals surface area (Å²) in [6.45, 7) is 1.85. The molecule has 0 aliphatic carbocycles. The van der Waals surface area contributed by atoms with E-state index in [-0.39, 0.29) is 6.42 Å². The number of aromatic nitrogens is 1. The molecule has 0 saturated heterocycles. The lowest BCUT2D eigenvalue weighted by Gasteiger charge is -2.12. The summed E-state index contributed by atoms with van der Waals surface area (Å²) in [6.07, 6.45) is 0.250. The van der Waals surface area contributed by atoms with E-state index < -0.39 is 17.7 Å². The normalized spacial score (nSPS) is 12.1. The molecule has 4 heteroatoms. The summed E-state index contributed by atoms with van der Waals surface area (Å²) < 4.78 is 13.2. The van der Waals surface area contributed by atoms with Crippen molar-refractivity contribution in [3.63, 3.8) is 0 Å². The second-order valence-electron chi connectivity index (χ2n) is 4.42. The van der Waals surface area contributed by atoms with Gasteiger partial charge in [0.15, 0.2) is 0 Å². The van der Waals surface area contributed by atoms with Crippen LogP contribution in [-0.2, 0) is 11.2 Å². The van der Waals surface area contributed by atoms with E-state index in [0.717, 1.165) is 5.69 Å². The summed E-state index contributed by atoms with van der Waals surface area (Å²) in [6, 6.07) is 11.2. The number of aryl methyl sites for hydroxylation is 1. The van der Waals surface area contributed by atoms with E-state index in [9.17, 15) is 14.3 Å². The highest BCUT2D eigenvalue weighted by Crippen LogP contribution is 2.21. The first-order valence-corrected chi connectivity index (χ1v) is 5.97. The second kappa shape index (κ2) is 5.61. The van der Waals surface area contributed by atoms with Crippen molar-refractivity contribution in [1.29, 1.82) is 0 Å². The van der Waals surface area contributed by atoms with Crippen LogP contribution < -0.4 is 0 Å². The van der Waals surface area contributed by atoms with E-state index in [1.807, 2.05) is 19.1 Å². The Labute approximate surface area is 110 Å². The van der Waals surface area contributed by atoms with Crippen molar-refractivity contribution >= 4 is 5.97 Å². The lowest BCUT2D eigenvalue weighted by molar-refractivity contribution is -0.138. The number of halogens is 1. The third-order valence-electron chi connectivity index (χ3n) is 2.91. The SMILES string of the molecule is Cc1cccc(CC(C(=O)O)c2cccc(F)c2)n1. The number of carboxylic acid groups (broad SMARTS) is 1. The lowest BCUT2D eigenvalue weighted by atomic mass is 9.94. The Bertz CT molecular complexity index is 598. The predicted molar refractivity (Wildman–Crippen MR) is 69.5 cm³/mol. The molecule has 0 radical (unpaired) electrons. The number of benzene rings is 1. The Morgan fingerprint density at radius 3 is 2.68 bits per heavy atom. The highest BCUT2D eigenvalue weighted by atomic mass is 19.1. The Morgan fingerprint density at radius 2 is 2.05 bits per heavy atom. The van der Waals surface area contributed by atoms with Crippen molar-refractivity contribution in [2.24, 2.45) is 0 Å². The lowest BCUT2D eigenvalue weighted by Crippen LogP contribution is -2.15. The molecule has 2 rings (SSSR count). The molecule has 0 spiro atoms. The standard InChI is InChI=1S/C15H14FNO2/c1-10-4-2-7-13(17-10)9-14(15(18)19)11-5-3-6-12(16)8-11/h2-8,14H,9H2,1H3,(H,18,19). The van der Waals surface area contributed by atoms with Gasteiger partial charge in [-0.05, 0) is 36.8 Å². The number of hydrogen-bond donors (Lipinski definition) is 1. The molecule has 0 saturated carbocycles. The third kappa shape index (κ3) is 3.37. The number of pyridine rings is 1. The average molecular weight is 259 g/mol. The van der Waals surface area contributed by atoms with Crippen LogP contribution in [0.15, 0.2) is 42.5 Å². The second-order valence-corrected chi connectivity index (χ2v) is 4.42. The molecule has 1 aromatic heterocycles. The summed E-state index contributed by atoms with van der Waals surface area (Å²) in [7, 11) is 0. The van der Waals surface area contributed by atoms with Gasteiger partial charge in [-0.15, -0.1) is 0 Å². The summed E-state index contributed by atoms with van der Waals surface area (Å²) in [5.74, 6) is -2.19. The molecule has 0 aliphatic heterocycles. The van der Waals surface area contributed by atoms with E-state index in [1.165, 1.54) is 18.2 Å². The van der Waals surface area contributed by atoms with E-state index in [2.05, 4.69) is 4.98 Å². The zero-order chi connectivity index (χ0) is 13.8. The van der Waals surface area contributed by atoms with Crippen LogP contribution in [0.4, 0.5) is 4.39 Å². The molecule has 3 nitrogen and oxygen atoms in total. The largest absolute Gasteiger partial charge is 0.481 e. The molecular weight excluding hydrogens is 245 g/mol. The summed E-state index contributed by atoms with van der Waals surface area (Å²) in [5.41, 5.74) is 1.98. The predicted octanol–water partition coefficient (Wildman–Crippen LogP) is 2.94. The fraction of sp³-hybridized carbons (Fsp3) is 0.200. The summed E-state index contributed by atoms with van der Waals surface area (Å²) in [4.78, 5) is 15.6. The third-order valence-corrected chi connectivity index (χ3v) is 2.91. The molecule has 0 bridgehead atoms. The van der Waals surface area contributed by atoms with Crippen LogP contribution in [0.3, 0.4) is 0 Å². The van der Waals surface area contributed by atoms with E-state index in [4.69, 9.17) is 0 Å². The van der Waals surface area contributed by atoms with Gasteiger partial charge in [-0.2, -0.15) is 0 Å². The maximum Gasteiger partial charge on any atom is 0.311 e. The van der Waals surface area contributed by atoms with E-state index >= 15 is 0 Å². The van der Waals surface area contributed by atoms with Gasteiger partial charge < -0.3 is 5.11 Å². The van der Waals surface area contributed by atoms with Crippen molar-refractivity contribution in [2.75, 3.05) is 0 Å². The Morgan fingerprint density at radius 1 is 1.32 bits per heavy atom. The first-order valence-electron chi connectivity index (χ1n) is 5.97. The molecule has 1 unspecified atom stereocenters. The van der Waals surface area contributed by atoms with Crippen LogP contribution in [0.1, 0.15) is 22.9 Å². The van der Waals surface area contributed by atoms with Gasteiger partial charge in [0, 0.05) is 17.8 Å². The molecule has 98 valence electrons. The number of rotatable bonds is 4. The number of carbonyl (C=O) groups is 1. The van der Waals surface area contributed by atoms with Gasteiger partial charge in [-0.1, -0.05) is 18.2 Å². The van der Waals surface area contributed by atoms with Gasteiger partial charge in [0.2, 0.25) is 0 Å². The number of aliphatic carboxylic acids is 1. The van der Waals surface area contributed by atoms with Gasteiger partial charge in [0.05, 0.1) is 5.92 Å². The van der Waals surface area contributed by atoms with E-state index in [1.54, 1.807) is 12.1 Å². The fourth-order valence-electron chi connectivity index (χ4n) is 1.99. The van der Waals surface area contributed by atoms with Crippen molar-refractivity contribution < 1.29 is 14.3 Å². The van der Waals surface area contributed by atoms with Crippen molar-refractivity contribution in [1.82, 2.24) is 4.98 Å². The van der Waals surface area contributed by atoms with Crippen molar-refractivity contribution in [3.8, 4) is 0 Å². The highest BCUT2D eigenvalue weighted by molar-refractivity contribution is 5.76. The van der Waals surface area contributed by atoms with Crippen LogP contribution in [0, 0.1) is 12.7 Å². The molecular formula is C15H14FNO2. The first-order chi connectivity index (χ1) is 9.06. The first kappa shape index (κ1) is 13.2. The maximum absolute atomic E-state index is 13.2. The van der Waals surface area contributed by atoms with Crippen LogP contribution in [-0.4, -0.2) is 16.1 Å². The summed E-state index contributed by atoms with van der Waals surface area (Å²) >= 11 is 0. The molecule has 1 aromatic carbocycles. The van der Waals surface area contributed by atoms with E-state index in [0.29, 0.717) is 11.3 Å². The van der Waals surface area contributed by atoms with Crippen LogP contribution in [0.25, 0.3) is 0 Å². The minimum Gasteiger partial charge on any atom is -0.481 e. The van der Waals surface area contributed by atoms with Crippen molar-refractivity contribution in [2.45, 2.75) is 19.3 Å². The molecule has 0 fully saturated rings. The number of nitrogens with zero attached hydrogens (tertiary/aromatic N) is 1. The molecule has 1 N–H and O–H groups in total. The zero-order valence-corrected chi connectivity index (χ0v) is 10.5. The topological polar surface area (TPSA) is 50.2 Å². The fourth-order valence-corrected chi connectivity index (χ4v) is 1.99. The highest BCUT2D eigenvalue weighted by Gasteiger charge is 2.21. The molecule has 0 amide bonds. The van der Waals surface area contributed by atoms with Crippen LogP contribution in [0.2, 0.25) is 0 Å². The minimum atomic E-state index is -0.978. The average Bonchev–Trinajstić information content (AvgIpc) is 2.35. The Kier molecular flexibility index (Phi) is 3.90. The smallest absolute Gasteiger partial charge is 0.311 e. The van der Waals surface area contributed by atoms with Gasteiger partial charge >= 0.3 is 5.97 Å². The monoisotopic (exact) mass is 259 g/mol. The van der Waals surface area contributed by atoms with Crippen LogP contribution in [0.5, 0.6) is 0 Å². The zero-order valence-electron chi connectivity index (χ0n) is 10.5. The quantitative estimate of drug-likeness (QED) is 0.918. The summed E-state index contributed by atoms with van der Waals surface area (Å²) in [5, 5.41) is 9.30. The minimum absolute atomic E-state index is 0.250. The molecule has 2 aromatic rings. The van der Waals surface area contributed by atoms with Gasteiger partial charge in [-0.3, -0.25) is 9.78 Å². The molecule has 1 heterocycles. The van der Waals surface area contributed by atoms with Crippen LogP contribution >= 0.6 is 0 Å². The van der Waals surface area contributed by atoms with Gasteiger partial charge in [-0.25, -0.2) is 4.39 Å². The number of hydrogen-bond acceptors (Lipinski definition) is 2. The number of carboxylic acids is 1. The van der Waals surface area contributed by atoms with Gasteiger partial charge in [0.25, 0.3) is 0 Å². The van der Waals surface area contributed by atoms with Gasteiger partial charge in [0.1, 0.15) is 5.82 Å².